The van der Waals surface area contributed by atoms with Crippen LogP contribution in [-0.4, -0.2) is 36.0 Å². The maximum atomic E-state index is 13.3. The molecule has 5 rings (SSSR count). The lowest BCUT2D eigenvalue weighted by atomic mass is 9.44. The second kappa shape index (κ2) is 5.30. The van der Waals surface area contributed by atoms with Gasteiger partial charge in [-0.25, -0.2) is 0 Å². The summed E-state index contributed by atoms with van der Waals surface area (Å²) in [5.74, 6) is 1.80. The Kier molecular flexibility index (Phi) is 3.54. The van der Waals surface area contributed by atoms with Gasteiger partial charge in [0.05, 0.1) is 19.3 Å². The molecule has 25 heavy (non-hydrogen) atoms. The van der Waals surface area contributed by atoms with Crippen LogP contribution in [-0.2, 0) is 14.3 Å². The summed E-state index contributed by atoms with van der Waals surface area (Å²) in [5.41, 5.74) is -0.0789. The molecule has 0 aromatic carbocycles. The first-order valence-electron chi connectivity index (χ1n) is 10.4. The van der Waals surface area contributed by atoms with Gasteiger partial charge in [0.2, 0.25) is 0 Å². The Bertz CT molecular complexity index is 582. The quantitative estimate of drug-likeness (QED) is 0.730. The molecule has 0 unspecified atom stereocenters. The third-order valence-corrected chi connectivity index (χ3v) is 9.11. The summed E-state index contributed by atoms with van der Waals surface area (Å²) in [7, 11) is 0. The number of ether oxygens (including phenoxy) is 2. The molecule has 0 amide bonds. The molecule has 140 valence electrons. The molecule has 1 heterocycles. The Hall–Kier alpha value is -0.450. The van der Waals surface area contributed by atoms with Crippen molar-refractivity contribution in [2.45, 2.75) is 77.1 Å². The number of Topliss-reactive ketones (excluding diaryl/α,β-unsaturated/α-hetero) is 1. The van der Waals surface area contributed by atoms with Crippen molar-refractivity contribution in [1.82, 2.24) is 0 Å². The molecule has 1 N–H and O–H groups in total. The molecule has 4 nitrogen and oxygen atoms in total. The number of hydrogen-bond donors (Lipinski definition) is 1. The van der Waals surface area contributed by atoms with Crippen LogP contribution in [0.15, 0.2) is 0 Å². The fourth-order valence-electron chi connectivity index (χ4n) is 7.75. The summed E-state index contributed by atoms with van der Waals surface area (Å²) >= 11 is 0. The monoisotopic (exact) mass is 348 g/mol. The first-order chi connectivity index (χ1) is 11.9. The van der Waals surface area contributed by atoms with E-state index in [2.05, 4.69) is 13.8 Å². The van der Waals surface area contributed by atoms with Gasteiger partial charge in [0, 0.05) is 30.6 Å². The standard InChI is InChI=1S/C21H32O4/c1-19-7-8-21(24-9-10-25-21)11-13(19)3-4-14-15-5-6-17(23)20(15,2)12-16(22)18(14)19/h13-15,17-18,23H,3-12H2,1-2H3/t13-,14-,15-,17-,18+,19-,20-/m0/s1. The first-order valence-corrected chi connectivity index (χ1v) is 10.4. The van der Waals surface area contributed by atoms with E-state index in [9.17, 15) is 9.90 Å². The van der Waals surface area contributed by atoms with Gasteiger partial charge in [-0.2, -0.15) is 0 Å². The molecule has 5 aliphatic rings. The molecule has 0 radical (unpaired) electrons. The molecule has 4 aliphatic carbocycles. The summed E-state index contributed by atoms with van der Waals surface area (Å²) in [6, 6.07) is 0. The van der Waals surface area contributed by atoms with Crippen molar-refractivity contribution >= 4 is 5.78 Å². The van der Waals surface area contributed by atoms with Crippen molar-refractivity contribution in [3.8, 4) is 0 Å². The van der Waals surface area contributed by atoms with E-state index >= 15 is 0 Å². The van der Waals surface area contributed by atoms with Gasteiger partial charge in [0.1, 0.15) is 5.78 Å². The normalized spacial score (nSPS) is 54.2. The number of hydrogen-bond acceptors (Lipinski definition) is 4. The summed E-state index contributed by atoms with van der Waals surface area (Å²) in [6.07, 6.45) is 7.53. The van der Waals surface area contributed by atoms with Crippen LogP contribution in [0.4, 0.5) is 0 Å². The zero-order valence-corrected chi connectivity index (χ0v) is 15.6. The molecular weight excluding hydrogens is 316 g/mol. The predicted octanol–water partition coefficient (Wildman–Crippen LogP) is 3.31. The highest BCUT2D eigenvalue weighted by Crippen LogP contribution is 2.66. The number of aliphatic hydroxyl groups is 1. The molecule has 0 aromatic rings. The number of fused-ring (bicyclic) bond motifs is 5. The van der Waals surface area contributed by atoms with Gasteiger partial charge in [-0.3, -0.25) is 4.79 Å². The van der Waals surface area contributed by atoms with Gasteiger partial charge in [0.25, 0.3) is 0 Å². The van der Waals surface area contributed by atoms with Gasteiger partial charge in [-0.1, -0.05) is 13.8 Å². The minimum absolute atomic E-state index is 0.0927. The highest BCUT2D eigenvalue weighted by atomic mass is 16.7. The van der Waals surface area contributed by atoms with Crippen LogP contribution >= 0.6 is 0 Å². The van der Waals surface area contributed by atoms with Crippen molar-refractivity contribution in [2.24, 2.45) is 34.5 Å². The summed E-state index contributed by atoms with van der Waals surface area (Å²) in [5, 5.41) is 10.5. The fourth-order valence-corrected chi connectivity index (χ4v) is 7.75. The zero-order valence-electron chi connectivity index (χ0n) is 15.6. The van der Waals surface area contributed by atoms with Gasteiger partial charge < -0.3 is 14.6 Å². The van der Waals surface area contributed by atoms with Gasteiger partial charge >= 0.3 is 0 Å². The summed E-state index contributed by atoms with van der Waals surface area (Å²) < 4.78 is 12.0. The van der Waals surface area contributed by atoms with E-state index in [0.29, 0.717) is 43.2 Å². The third-order valence-electron chi connectivity index (χ3n) is 9.11. The molecule has 7 atom stereocenters. The van der Waals surface area contributed by atoms with Gasteiger partial charge in [-0.05, 0) is 55.3 Å². The molecule has 1 spiro atoms. The van der Waals surface area contributed by atoms with Crippen LogP contribution in [0, 0.1) is 34.5 Å². The predicted molar refractivity (Wildman–Crippen MR) is 92.8 cm³/mol. The number of aliphatic hydroxyl groups excluding tert-OH is 1. The van der Waals surface area contributed by atoms with Crippen molar-refractivity contribution < 1.29 is 19.4 Å². The minimum Gasteiger partial charge on any atom is -0.393 e. The van der Waals surface area contributed by atoms with Crippen LogP contribution in [0.2, 0.25) is 0 Å². The van der Waals surface area contributed by atoms with Crippen molar-refractivity contribution in [3.05, 3.63) is 0 Å². The van der Waals surface area contributed by atoms with E-state index in [1.165, 1.54) is 6.42 Å². The second-order valence-electron chi connectivity index (χ2n) is 10.1. The zero-order chi connectivity index (χ0) is 17.4. The SMILES string of the molecule is C[C@]12CCC3(C[C@@H]1CC[C@H]1[C@@H]4CC[C@H](O)[C@@]4(C)CC(=O)[C@@H]12)OCCO3. The summed E-state index contributed by atoms with van der Waals surface area (Å²) in [4.78, 5) is 13.3. The molecule has 0 bridgehead atoms. The Morgan fingerprint density at radius 3 is 2.52 bits per heavy atom. The van der Waals surface area contributed by atoms with E-state index in [1.54, 1.807) is 0 Å². The Morgan fingerprint density at radius 2 is 1.76 bits per heavy atom. The van der Waals surface area contributed by atoms with E-state index < -0.39 is 0 Å². The van der Waals surface area contributed by atoms with Crippen LogP contribution < -0.4 is 0 Å². The van der Waals surface area contributed by atoms with Crippen LogP contribution in [0.25, 0.3) is 0 Å². The number of carbonyl (C=O) groups is 1. The smallest absolute Gasteiger partial charge is 0.168 e. The van der Waals surface area contributed by atoms with Crippen molar-refractivity contribution in [2.75, 3.05) is 13.2 Å². The van der Waals surface area contributed by atoms with Gasteiger partial charge in [0.15, 0.2) is 5.79 Å². The Morgan fingerprint density at radius 1 is 1.00 bits per heavy atom. The fraction of sp³-hybridized carbons (Fsp3) is 0.952. The topological polar surface area (TPSA) is 55.8 Å². The third kappa shape index (κ3) is 2.14. The lowest BCUT2D eigenvalue weighted by Gasteiger charge is -2.60. The minimum atomic E-state index is -0.354. The second-order valence-corrected chi connectivity index (χ2v) is 10.1. The maximum Gasteiger partial charge on any atom is 0.168 e. The van der Waals surface area contributed by atoms with Crippen LogP contribution in [0.5, 0.6) is 0 Å². The Balaban J connectivity index is 1.46. The molecule has 5 fully saturated rings. The largest absolute Gasteiger partial charge is 0.393 e. The maximum absolute atomic E-state index is 13.3. The molecule has 1 saturated heterocycles. The summed E-state index contributed by atoms with van der Waals surface area (Å²) in [6.45, 7) is 5.98. The highest BCUT2D eigenvalue weighted by molar-refractivity contribution is 5.84. The average molecular weight is 348 g/mol. The number of ketones is 1. The molecule has 4 heteroatoms. The van der Waals surface area contributed by atoms with Crippen molar-refractivity contribution in [3.63, 3.8) is 0 Å². The van der Waals surface area contributed by atoms with Crippen LogP contribution in [0.1, 0.15) is 65.2 Å². The average Bonchev–Trinajstić information content (AvgIpc) is 3.13. The van der Waals surface area contributed by atoms with Crippen LogP contribution in [0.3, 0.4) is 0 Å². The van der Waals surface area contributed by atoms with E-state index in [-0.39, 0.29) is 28.6 Å². The van der Waals surface area contributed by atoms with E-state index in [4.69, 9.17) is 9.47 Å². The van der Waals surface area contributed by atoms with E-state index in [0.717, 1.165) is 38.5 Å². The molecule has 1 aliphatic heterocycles. The van der Waals surface area contributed by atoms with E-state index in [1.807, 2.05) is 0 Å². The molecular formula is C21H32O4. The lowest BCUT2D eigenvalue weighted by Crippen LogP contribution is -2.59. The number of rotatable bonds is 0. The highest BCUT2D eigenvalue weighted by Gasteiger charge is 2.64. The van der Waals surface area contributed by atoms with Crippen molar-refractivity contribution in [1.29, 1.82) is 0 Å². The Labute approximate surface area is 150 Å². The lowest BCUT2D eigenvalue weighted by molar-refractivity contribution is -0.227. The van der Waals surface area contributed by atoms with Gasteiger partial charge in [-0.15, -0.1) is 0 Å². The molecule has 4 saturated carbocycles. The molecule has 0 aromatic heterocycles. The number of carbonyl (C=O) groups excluding carboxylic acids is 1. The first kappa shape index (κ1) is 16.7.